The molecule has 0 fully saturated rings. The first-order valence-corrected chi connectivity index (χ1v) is 5.72. The average molecular weight is 272 g/mol. The number of hydrogen-bond acceptors (Lipinski definition) is 5. The predicted octanol–water partition coefficient (Wildman–Crippen LogP) is 1.95. The highest BCUT2D eigenvalue weighted by molar-refractivity contribution is 5.94. The van der Waals surface area contributed by atoms with E-state index in [-0.39, 0.29) is 23.4 Å². The van der Waals surface area contributed by atoms with Crippen molar-refractivity contribution < 1.29 is 13.6 Å². The highest BCUT2D eigenvalue weighted by Gasteiger charge is 2.18. The van der Waals surface area contributed by atoms with E-state index < -0.39 is 5.91 Å². The number of carbonyl (C=O) groups excluding carboxylic acids is 1. The van der Waals surface area contributed by atoms with E-state index in [9.17, 15) is 9.18 Å². The first-order chi connectivity index (χ1) is 9.65. The van der Waals surface area contributed by atoms with Crippen molar-refractivity contribution in [2.24, 2.45) is 0 Å². The fourth-order valence-corrected chi connectivity index (χ4v) is 1.70. The molecule has 0 bridgehead atoms. The van der Waals surface area contributed by atoms with Crippen molar-refractivity contribution in [1.29, 1.82) is 0 Å². The lowest BCUT2D eigenvalue weighted by Gasteiger charge is -1.97. The molecule has 0 aliphatic carbocycles. The van der Waals surface area contributed by atoms with Gasteiger partial charge in [-0.2, -0.15) is 9.67 Å². The Kier molecular flexibility index (Phi) is 2.79. The van der Waals surface area contributed by atoms with Gasteiger partial charge in [0.25, 0.3) is 0 Å². The number of hydrogen-bond donors (Lipinski definition) is 1. The third kappa shape index (κ3) is 2.05. The average Bonchev–Trinajstić information content (AvgIpc) is 3.08. The summed E-state index contributed by atoms with van der Waals surface area (Å²) < 4.78 is 18.8. The summed E-state index contributed by atoms with van der Waals surface area (Å²) >= 11 is 0. The SMILES string of the molecule is Nc1nc(-c2ccc(F)cc2)nn1C(=O)c1ccco1. The molecule has 0 spiro atoms. The summed E-state index contributed by atoms with van der Waals surface area (Å²) in [7, 11) is 0. The number of nitrogen functional groups attached to an aromatic ring is 1. The van der Waals surface area contributed by atoms with Crippen LogP contribution < -0.4 is 5.73 Å². The monoisotopic (exact) mass is 272 g/mol. The van der Waals surface area contributed by atoms with Crippen LogP contribution in [0.3, 0.4) is 0 Å². The Labute approximate surface area is 112 Å². The van der Waals surface area contributed by atoms with Gasteiger partial charge in [-0.05, 0) is 36.4 Å². The second-order valence-electron chi connectivity index (χ2n) is 3.99. The van der Waals surface area contributed by atoms with Crippen LogP contribution in [-0.2, 0) is 0 Å². The molecule has 0 unspecified atom stereocenters. The van der Waals surface area contributed by atoms with Gasteiger partial charge in [0, 0.05) is 5.56 Å². The summed E-state index contributed by atoms with van der Waals surface area (Å²) in [4.78, 5) is 16.0. The molecule has 2 aromatic heterocycles. The van der Waals surface area contributed by atoms with Crippen LogP contribution in [0.15, 0.2) is 47.1 Å². The van der Waals surface area contributed by atoms with E-state index in [1.165, 1.54) is 36.6 Å². The van der Waals surface area contributed by atoms with Gasteiger partial charge in [0.15, 0.2) is 11.6 Å². The molecule has 2 N–H and O–H groups in total. The third-order valence-electron chi connectivity index (χ3n) is 2.66. The molecule has 2 heterocycles. The Morgan fingerprint density at radius 2 is 2.00 bits per heavy atom. The minimum atomic E-state index is -0.520. The van der Waals surface area contributed by atoms with Crippen molar-refractivity contribution in [3.63, 3.8) is 0 Å². The Bertz CT molecular complexity index is 747. The summed E-state index contributed by atoms with van der Waals surface area (Å²) in [5.74, 6) is -0.610. The van der Waals surface area contributed by atoms with Gasteiger partial charge in [-0.25, -0.2) is 4.39 Å². The lowest BCUT2D eigenvalue weighted by Crippen LogP contribution is -2.15. The highest BCUT2D eigenvalue weighted by Crippen LogP contribution is 2.18. The van der Waals surface area contributed by atoms with E-state index in [1.807, 2.05) is 0 Å². The third-order valence-corrected chi connectivity index (χ3v) is 2.66. The van der Waals surface area contributed by atoms with Gasteiger partial charge in [0.05, 0.1) is 6.26 Å². The van der Waals surface area contributed by atoms with Crippen molar-refractivity contribution in [2.45, 2.75) is 0 Å². The molecular formula is C13H9FN4O2. The number of halogens is 1. The molecule has 0 atom stereocenters. The molecule has 0 amide bonds. The number of benzene rings is 1. The Hall–Kier alpha value is -2.96. The summed E-state index contributed by atoms with van der Waals surface area (Å²) in [5.41, 5.74) is 6.23. The van der Waals surface area contributed by atoms with Gasteiger partial charge < -0.3 is 10.2 Å². The molecule has 20 heavy (non-hydrogen) atoms. The van der Waals surface area contributed by atoms with Gasteiger partial charge in [0.1, 0.15) is 5.82 Å². The van der Waals surface area contributed by atoms with Crippen molar-refractivity contribution in [2.75, 3.05) is 5.73 Å². The Morgan fingerprint density at radius 1 is 1.25 bits per heavy atom. The van der Waals surface area contributed by atoms with E-state index in [0.29, 0.717) is 5.56 Å². The summed E-state index contributed by atoms with van der Waals surface area (Å²) in [6, 6.07) is 8.65. The van der Waals surface area contributed by atoms with Crippen LogP contribution in [0.2, 0.25) is 0 Å². The number of rotatable bonds is 2. The number of furan rings is 1. The van der Waals surface area contributed by atoms with Crippen molar-refractivity contribution in [1.82, 2.24) is 14.8 Å². The molecule has 0 aliphatic rings. The second kappa shape index (κ2) is 4.61. The molecule has 7 heteroatoms. The van der Waals surface area contributed by atoms with Crippen LogP contribution in [0.4, 0.5) is 10.3 Å². The molecule has 3 rings (SSSR count). The first-order valence-electron chi connectivity index (χ1n) is 5.72. The van der Waals surface area contributed by atoms with Crippen LogP contribution in [-0.4, -0.2) is 20.7 Å². The van der Waals surface area contributed by atoms with E-state index in [0.717, 1.165) is 4.68 Å². The van der Waals surface area contributed by atoms with Crippen molar-refractivity contribution in [3.05, 3.63) is 54.2 Å². The van der Waals surface area contributed by atoms with Crippen molar-refractivity contribution >= 4 is 11.9 Å². The van der Waals surface area contributed by atoms with Gasteiger partial charge >= 0.3 is 5.91 Å². The number of aromatic nitrogens is 3. The van der Waals surface area contributed by atoms with Gasteiger partial charge in [-0.15, -0.1) is 5.10 Å². The second-order valence-corrected chi connectivity index (χ2v) is 3.99. The number of carbonyl (C=O) groups is 1. The highest BCUT2D eigenvalue weighted by atomic mass is 19.1. The molecule has 6 nitrogen and oxygen atoms in total. The van der Waals surface area contributed by atoms with Crippen LogP contribution >= 0.6 is 0 Å². The summed E-state index contributed by atoms with van der Waals surface area (Å²) in [6.07, 6.45) is 1.38. The quantitative estimate of drug-likeness (QED) is 0.770. The zero-order valence-electron chi connectivity index (χ0n) is 10.2. The standard InChI is InChI=1S/C13H9FN4O2/c14-9-5-3-8(4-6-9)11-16-13(15)18(17-11)12(19)10-2-1-7-20-10/h1-7H,(H2,15,16,17). The maximum absolute atomic E-state index is 12.9. The molecule has 100 valence electrons. The zero-order chi connectivity index (χ0) is 14.1. The molecule has 0 saturated carbocycles. The fourth-order valence-electron chi connectivity index (χ4n) is 1.70. The smallest absolute Gasteiger partial charge is 0.317 e. The minimum Gasteiger partial charge on any atom is -0.459 e. The van der Waals surface area contributed by atoms with E-state index in [1.54, 1.807) is 6.07 Å². The maximum atomic E-state index is 12.9. The van der Waals surface area contributed by atoms with E-state index >= 15 is 0 Å². The number of nitrogens with two attached hydrogens (primary N) is 1. The van der Waals surface area contributed by atoms with E-state index in [2.05, 4.69) is 10.1 Å². The Morgan fingerprint density at radius 3 is 2.65 bits per heavy atom. The normalized spacial score (nSPS) is 10.7. The molecule has 1 aromatic carbocycles. The molecule has 0 radical (unpaired) electrons. The maximum Gasteiger partial charge on any atom is 0.317 e. The van der Waals surface area contributed by atoms with Gasteiger partial charge in [0.2, 0.25) is 5.95 Å². The number of nitrogens with zero attached hydrogens (tertiary/aromatic N) is 3. The van der Waals surface area contributed by atoms with Crippen LogP contribution in [0.5, 0.6) is 0 Å². The largest absolute Gasteiger partial charge is 0.459 e. The zero-order valence-corrected chi connectivity index (χ0v) is 10.2. The summed E-state index contributed by atoms with van der Waals surface area (Å²) in [5, 5.41) is 4.01. The first kappa shape index (κ1) is 12.1. The van der Waals surface area contributed by atoms with Gasteiger partial charge in [-0.1, -0.05) is 0 Å². The van der Waals surface area contributed by atoms with Crippen molar-refractivity contribution in [3.8, 4) is 11.4 Å². The Balaban J connectivity index is 1.99. The molecule has 3 aromatic rings. The minimum absolute atomic E-state index is 0.0641. The molecule has 0 aliphatic heterocycles. The molecular weight excluding hydrogens is 263 g/mol. The van der Waals surface area contributed by atoms with E-state index in [4.69, 9.17) is 10.2 Å². The van der Waals surface area contributed by atoms with Crippen LogP contribution in [0.1, 0.15) is 10.6 Å². The van der Waals surface area contributed by atoms with Crippen LogP contribution in [0.25, 0.3) is 11.4 Å². The number of anilines is 1. The lowest BCUT2D eigenvalue weighted by molar-refractivity contribution is 0.0920. The molecule has 0 saturated heterocycles. The topological polar surface area (TPSA) is 86.9 Å². The van der Waals surface area contributed by atoms with Gasteiger partial charge in [-0.3, -0.25) is 4.79 Å². The fraction of sp³-hybridized carbons (Fsp3) is 0. The summed E-state index contributed by atoms with van der Waals surface area (Å²) in [6.45, 7) is 0. The predicted molar refractivity (Wildman–Crippen MR) is 68.3 cm³/mol. The lowest BCUT2D eigenvalue weighted by atomic mass is 10.2. The van der Waals surface area contributed by atoms with Crippen LogP contribution in [0, 0.1) is 5.82 Å².